The molecule has 4 aliphatic rings. The van der Waals surface area contributed by atoms with Crippen molar-refractivity contribution in [2.24, 2.45) is 40.2 Å². The Morgan fingerprint density at radius 1 is 1.28 bits per heavy atom. The lowest BCUT2D eigenvalue weighted by Crippen LogP contribution is -2.57. The molecule has 4 heteroatoms. The first kappa shape index (κ1) is 17.7. The summed E-state index contributed by atoms with van der Waals surface area (Å²) in [4.78, 5) is 12.3. The molecule has 3 saturated carbocycles. The predicted octanol–water partition coefficient (Wildman–Crippen LogP) is 2.42. The topological polar surface area (TPSA) is 83.5 Å². The van der Waals surface area contributed by atoms with Gasteiger partial charge in [0.1, 0.15) is 6.61 Å². The van der Waals surface area contributed by atoms with Crippen LogP contribution in [-0.4, -0.2) is 34.7 Å². The number of nitrogens with two attached hydrogens (primary N) is 1. The van der Waals surface area contributed by atoms with Gasteiger partial charge in [0, 0.05) is 12.0 Å². The molecule has 0 aromatic carbocycles. The number of carbonyl (C=O) groups excluding carboxylic acids is 1. The maximum Gasteiger partial charge on any atom is 0.161 e. The van der Waals surface area contributed by atoms with Gasteiger partial charge < -0.3 is 15.9 Å². The molecule has 0 aliphatic heterocycles. The number of Topliss-reactive ketones (excluding diaryl/α,β-unsaturated/α-hetero) is 1. The number of ketones is 1. The Morgan fingerprint density at radius 2 is 2.04 bits per heavy atom. The summed E-state index contributed by atoms with van der Waals surface area (Å²) in [6.07, 6.45) is 8.82. The number of carbonyl (C=O) groups is 1. The largest absolute Gasteiger partial charge is 0.393 e. The maximum atomic E-state index is 12.3. The third-order valence-electron chi connectivity index (χ3n) is 8.62. The maximum absolute atomic E-state index is 12.3. The molecule has 0 bridgehead atoms. The van der Waals surface area contributed by atoms with Gasteiger partial charge in [0.2, 0.25) is 0 Å². The molecule has 0 heterocycles. The Bertz CT molecular complexity index is 602. The van der Waals surface area contributed by atoms with Crippen LogP contribution >= 0.6 is 0 Å². The first-order valence-corrected chi connectivity index (χ1v) is 10.1. The minimum absolute atomic E-state index is 0.0260. The van der Waals surface area contributed by atoms with Crippen molar-refractivity contribution in [3.05, 3.63) is 11.6 Å². The van der Waals surface area contributed by atoms with Gasteiger partial charge in [0.05, 0.1) is 6.10 Å². The normalized spacial score (nSPS) is 52.0. The van der Waals surface area contributed by atoms with E-state index in [-0.39, 0.29) is 41.3 Å². The molecule has 0 aromatic heterocycles. The molecule has 0 spiro atoms. The fraction of sp³-hybridized carbons (Fsp3) is 0.857. The number of hydrogen-bond donors (Lipinski definition) is 3. The summed E-state index contributed by atoms with van der Waals surface area (Å²) in [7, 11) is 0. The third kappa shape index (κ3) is 2.40. The first-order chi connectivity index (χ1) is 11.8. The zero-order valence-corrected chi connectivity index (χ0v) is 15.6. The number of aliphatic hydroxyl groups excluding tert-OH is 2. The van der Waals surface area contributed by atoms with E-state index >= 15 is 0 Å². The summed E-state index contributed by atoms with van der Waals surface area (Å²) in [6, 6.07) is 0.170. The molecular weight excluding hydrogens is 314 g/mol. The average molecular weight is 347 g/mol. The highest BCUT2D eigenvalue weighted by Crippen LogP contribution is 2.66. The smallest absolute Gasteiger partial charge is 0.161 e. The molecule has 0 unspecified atom stereocenters. The lowest BCUT2D eigenvalue weighted by Gasteiger charge is -2.60. The molecular formula is C21H33NO3. The molecule has 4 N–H and O–H groups in total. The van der Waals surface area contributed by atoms with Gasteiger partial charge in [-0.3, -0.25) is 4.79 Å². The fourth-order valence-corrected chi connectivity index (χ4v) is 7.52. The van der Waals surface area contributed by atoms with E-state index in [0.29, 0.717) is 24.2 Å². The molecule has 0 amide bonds. The summed E-state index contributed by atoms with van der Waals surface area (Å²) < 4.78 is 0. The SMILES string of the molecule is C[C@]12C[C@H](O)[C@H]3[C@@H](CCC4=C[C@H](N)CC[C@@]43C)[C@@H]1CC[C@@H]2C(=O)CO. The standard InChI is InChI=1S/C21H33NO3/c1-20-8-7-13(22)9-12(20)3-4-14-15-5-6-16(18(25)11-23)21(15,2)10-17(24)19(14)20/h9,13-17,19,23-24H,3-8,10-11,22H2,1-2H3/t13-,14+,15+,16-,17+,19-,20+,21+/m1/s1. The summed E-state index contributed by atoms with van der Waals surface area (Å²) in [5.74, 6) is 1.17. The summed E-state index contributed by atoms with van der Waals surface area (Å²) in [5, 5.41) is 20.6. The van der Waals surface area contributed by atoms with E-state index in [4.69, 9.17) is 5.73 Å². The molecule has 8 atom stereocenters. The molecule has 140 valence electrons. The highest BCUT2D eigenvalue weighted by Gasteiger charge is 2.62. The van der Waals surface area contributed by atoms with Gasteiger partial charge in [-0.05, 0) is 73.5 Å². The van der Waals surface area contributed by atoms with Gasteiger partial charge in [0.25, 0.3) is 0 Å². The lowest BCUT2D eigenvalue weighted by molar-refractivity contribution is -0.145. The van der Waals surface area contributed by atoms with Crippen molar-refractivity contribution in [1.29, 1.82) is 0 Å². The molecule has 3 fully saturated rings. The molecule has 0 saturated heterocycles. The zero-order valence-electron chi connectivity index (χ0n) is 15.6. The van der Waals surface area contributed by atoms with Crippen molar-refractivity contribution in [1.82, 2.24) is 0 Å². The second-order valence-electron chi connectivity index (χ2n) is 9.68. The van der Waals surface area contributed by atoms with E-state index in [0.717, 1.165) is 38.5 Å². The van der Waals surface area contributed by atoms with Crippen LogP contribution in [0.5, 0.6) is 0 Å². The number of fused-ring (bicyclic) bond motifs is 5. The van der Waals surface area contributed by atoms with Gasteiger partial charge in [-0.1, -0.05) is 25.5 Å². The Hall–Kier alpha value is -0.710. The van der Waals surface area contributed by atoms with Crippen molar-refractivity contribution in [3.8, 4) is 0 Å². The monoisotopic (exact) mass is 347 g/mol. The molecule has 0 radical (unpaired) electrons. The molecule has 25 heavy (non-hydrogen) atoms. The van der Waals surface area contributed by atoms with Crippen LogP contribution < -0.4 is 5.73 Å². The predicted molar refractivity (Wildman–Crippen MR) is 96.7 cm³/mol. The van der Waals surface area contributed by atoms with Crippen LogP contribution in [0.3, 0.4) is 0 Å². The van der Waals surface area contributed by atoms with E-state index < -0.39 is 0 Å². The van der Waals surface area contributed by atoms with Gasteiger partial charge in [-0.25, -0.2) is 0 Å². The Kier molecular flexibility index (Phi) is 4.17. The summed E-state index contributed by atoms with van der Waals surface area (Å²) >= 11 is 0. The highest BCUT2D eigenvalue weighted by molar-refractivity contribution is 5.83. The van der Waals surface area contributed by atoms with Crippen LogP contribution in [0.15, 0.2) is 11.6 Å². The van der Waals surface area contributed by atoms with E-state index in [2.05, 4.69) is 19.9 Å². The fourth-order valence-electron chi connectivity index (χ4n) is 7.52. The van der Waals surface area contributed by atoms with Crippen LogP contribution in [0.2, 0.25) is 0 Å². The lowest BCUT2D eigenvalue weighted by atomic mass is 9.45. The van der Waals surface area contributed by atoms with E-state index in [9.17, 15) is 15.0 Å². The number of hydrogen-bond acceptors (Lipinski definition) is 4. The van der Waals surface area contributed by atoms with Crippen molar-refractivity contribution in [2.45, 2.75) is 70.9 Å². The van der Waals surface area contributed by atoms with Crippen LogP contribution in [0.1, 0.15) is 58.8 Å². The minimum Gasteiger partial charge on any atom is -0.393 e. The average Bonchev–Trinajstić information content (AvgIpc) is 2.91. The highest BCUT2D eigenvalue weighted by atomic mass is 16.3. The summed E-state index contributed by atoms with van der Waals surface area (Å²) in [6.45, 7) is 4.19. The first-order valence-electron chi connectivity index (χ1n) is 10.1. The van der Waals surface area contributed by atoms with Gasteiger partial charge >= 0.3 is 0 Å². The van der Waals surface area contributed by atoms with Crippen molar-refractivity contribution in [2.75, 3.05) is 6.61 Å². The van der Waals surface area contributed by atoms with E-state index in [1.807, 2.05) is 0 Å². The third-order valence-corrected chi connectivity index (χ3v) is 8.62. The van der Waals surface area contributed by atoms with Crippen LogP contribution in [-0.2, 0) is 4.79 Å². The Labute approximate surface area is 150 Å². The zero-order chi connectivity index (χ0) is 18.0. The minimum atomic E-state index is -0.361. The van der Waals surface area contributed by atoms with E-state index in [1.165, 1.54) is 5.57 Å². The second-order valence-corrected chi connectivity index (χ2v) is 9.68. The van der Waals surface area contributed by atoms with Crippen molar-refractivity contribution < 1.29 is 15.0 Å². The van der Waals surface area contributed by atoms with Gasteiger partial charge in [-0.2, -0.15) is 0 Å². The summed E-state index contributed by atoms with van der Waals surface area (Å²) in [5.41, 5.74) is 7.56. The molecule has 4 aliphatic carbocycles. The van der Waals surface area contributed by atoms with Crippen LogP contribution in [0.25, 0.3) is 0 Å². The van der Waals surface area contributed by atoms with Crippen molar-refractivity contribution >= 4 is 5.78 Å². The van der Waals surface area contributed by atoms with Crippen LogP contribution in [0.4, 0.5) is 0 Å². The Balaban J connectivity index is 1.69. The van der Waals surface area contributed by atoms with Crippen LogP contribution in [0, 0.1) is 34.5 Å². The quantitative estimate of drug-likeness (QED) is 0.670. The van der Waals surface area contributed by atoms with E-state index in [1.54, 1.807) is 0 Å². The molecule has 4 nitrogen and oxygen atoms in total. The number of allylic oxidation sites excluding steroid dienone is 1. The van der Waals surface area contributed by atoms with Gasteiger partial charge in [-0.15, -0.1) is 0 Å². The Morgan fingerprint density at radius 3 is 2.76 bits per heavy atom. The number of aliphatic hydroxyl groups is 2. The van der Waals surface area contributed by atoms with Gasteiger partial charge in [0.15, 0.2) is 5.78 Å². The van der Waals surface area contributed by atoms with Crippen molar-refractivity contribution in [3.63, 3.8) is 0 Å². The molecule has 0 aromatic rings. The second kappa shape index (κ2) is 5.90. The molecule has 4 rings (SSSR count). The number of rotatable bonds is 2.